The minimum absolute atomic E-state index is 0.216. The van der Waals surface area contributed by atoms with Crippen LogP contribution in [0.15, 0.2) is 30.3 Å². The van der Waals surface area contributed by atoms with Crippen molar-refractivity contribution in [2.75, 3.05) is 0 Å². The highest BCUT2D eigenvalue weighted by molar-refractivity contribution is 5.80. The van der Waals surface area contributed by atoms with Crippen molar-refractivity contribution in [3.8, 4) is 0 Å². The molecule has 0 spiro atoms. The molecule has 21 heavy (non-hydrogen) atoms. The van der Waals surface area contributed by atoms with E-state index in [-0.39, 0.29) is 12.5 Å². The summed E-state index contributed by atoms with van der Waals surface area (Å²) in [4.78, 5) is 17.0. The molecular formula is C16H24N2O3. The van der Waals surface area contributed by atoms with Gasteiger partial charge < -0.3 is 10.8 Å². The lowest BCUT2D eigenvalue weighted by molar-refractivity contribution is -0.145. The van der Waals surface area contributed by atoms with Crippen molar-refractivity contribution in [1.29, 1.82) is 0 Å². The van der Waals surface area contributed by atoms with Crippen molar-refractivity contribution in [1.82, 2.24) is 5.48 Å². The summed E-state index contributed by atoms with van der Waals surface area (Å²) in [6.07, 6.45) is 4.20. The standard InChI is InChI=1S/C16H24N2O3/c17-14(13-9-5-2-6-10-13)15(19)16(20)18-21-11-12-7-3-1-4-8-12/h1,3-4,7-8,13-15,19H,2,5-6,9-11,17H2,(H,18,20)/t14-,15?/m1/s1. The van der Waals surface area contributed by atoms with Crippen LogP contribution >= 0.6 is 0 Å². The number of carbonyl (C=O) groups is 1. The van der Waals surface area contributed by atoms with Gasteiger partial charge in [0, 0.05) is 6.04 Å². The average Bonchev–Trinajstić information content (AvgIpc) is 2.55. The molecule has 1 fully saturated rings. The largest absolute Gasteiger partial charge is 0.382 e. The number of nitrogens with one attached hydrogen (secondary N) is 1. The number of hydroxylamine groups is 1. The molecule has 116 valence electrons. The topological polar surface area (TPSA) is 84.6 Å². The van der Waals surface area contributed by atoms with Crippen molar-refractivity contribution in [2.24, 2.45) is 11.7 Å². The zero-order valence-corrected chi connectivity index (χ0v) is 12.2. The minimum atomic E-state index is -1.22. The number of aliphatic hydroxyl groups is 1. The second-order valence-electron chi connectivity index (χ2n) is 5.66. The van der Waals surface area contributed by atoms with Crippen molar-refractivity contribution < 1.29 is 14.7 Å². The third-order valence-corrected chi connectivity index (χ3v) is 4.08. The van der Waals surface area contributed by atoms with Crippen molar-refractivity contribution >= 4 is 5.91 Å². The molecule has 1 aromatic rings. The molecule has 1 aromatic carbocycles. The predicted molar refractivity (Wildman–Crippen MR) is 79.9 cm³/mol. The summed E-state index contributed by atoms with van der Waals surface area (Å²) in [7, 11) is 0. The van der Waals surface area contributed by atoms with E-state index in [1.807, 2.05) is 30.3 Å². The summed E-state index contributed by atoms with van der Waals surface area (Å²) >= 11 is 0. The molecule has 5 nitrogen and oxygen atoms in total. The van der Waals surface area contributed by atoms with Gasteiger partial charge in [-0.2, -0.15) is 0 Å². The normalized spacial score (nSPS) is 19.0. The van der Waals surface area contributed by atoms with Crippen LogP contribution < -0.4 is 11.2 Å². The first-order valence-corrected chi connectivity index (χ1v) is 7.57. The van der Waals surface area contributed by atoms with Crippen LogP contribution in [-0.4, -0.2) is 23.2 Å². The molecule has 1 amide bonds. The Morgan fingerprint density at radius 3 is 2.62 bits per heavy atom. The van der Waals surface area contributed by atoms with Gasteiger partial charge in [-0.25, -0.2) is 5.48 Å². The van der Waals surface area contributed by atoms with Gasteiger partial charge in [0.05, 0.1) is 6.61 Å². The SMILES string of the molecule is N[C@H](C1CCCCC1)C(O)C(=O)NOCc1ccccc1. The van der Waals surface area contributed by atoms with Crippen LogP contribution in [0.1, 0.15) is 37.7 Å². The maximum Gasteiger partial charge on any atom is 0.273 e. The van der Waals surface area contributed by atoms with Gasteiger partial charge in [0.15, 0.2) is 0 Å². The Bertz CT molecular complexity index is 432. The third-order valence-electron chi connectivity index (χ3n) is 4.08. The molecule has 4 N–H and O–H groups in total. The molecule has 2 rings (SSSR count). The fourth-order valence-corrected chi connectivity index (χ4v) is 2.78. The van der Waals surface area contributed by atoms with Gasteiger partial charge in [-0.05, 0) is 24.3 Å². The quantitative estimate of drug-likeness (QED) is 0.694. The Kier molecular flexibility index (Phi) is 6.17. The van der Waals surface area contributed by atoms with E-state index >= 15 is 0 Å². The van der Waals surface area contributed by atoms with Crippen molar-refractivity contribution in [3.05, 3.63) is 35.9 Å². The lowest BCUT2D eigenvalue weighted by Gasteiger charge is -2.29. The van der Waals surface area contributed by atoms with E-state index in [4.69, 9.17) is 10.6 Å². The lowest BCUT2D eigenvalue weighted by Crippen LogP contribution is -2.50. The second-order valence-corrected chi connectivity index (χ2v) is 5.66. The minimum Gasteiger partial charge on any atom is -0.382 e. The molecule has 2 atom stereocenters. The molecule has 1 unspecified atom stereocenters. The first kappa shape index (κ1) is 15.9. The van der Waals surface area contributed by atoms with Crippen LogP contribution in [0, 0.1) is 5.92 Å². The number of rotatable bonds is 6. The smallest absolute Gasteiger partial charge is 0.273 e. The van der Waals surface area contributed by atoms with Gasteiger partial charge in [-0.15, -0.1) is 0 Å². The molecule has 0 aromatic heterocycles. The molecule has 0 aliphatic heterocycles. The molecule has 0 heterocycles. The molecule has 0 bridgehead atoms. The summed E-state index contributed by atoms with van der Waals surface area (Å²) in [6.45, 7) is 0.262. The number of aliphatic hydroxyl groups excluding tert-OH is 1. The van der Waals surface area contributed by atoms with Crippen molar-refractivity contribution in [3.63, 3.8) is 0 Å². The highest BCUT2D eigenvalue weighted by Gasteiger charge is 2.30. The zero-order valence-electron chi connectivity index (χ0n) is 12.2. The maximum atomic E-state index is 11.9. The second kappa shape index (κ2) is 8.12. The molecule has 1 saturated carbocycles. The molecule has 1 aliphatic rings. The Balaban J connectivity index is 1.74. The van der Waals surface area contributed by atoms with E-state index in [1.165, 1.54) is 6.42 Å². The summed E-state index contributed by atoms with van der Waals surface area (Å²) in [6, 6.07) is 8.98. The first-order chi connectivity index (χ1) is 10.2. The fraction of sp³-hybridized carbons (Fsp3) is 0.562. The number of hydrogen-bond donors (Lipinski definition) is 3. The monoisotopic (exact) mass is 292 g/mol. The average molecular weight is 292 g/mol. The molecule has 1 aliphatic carbocycles. The highest BCUT2D eigenvalue weighted by atomic mass is 16.7. The van der Waals surface area contributed by atoms with Crippen LogP contribution in [0.5, 0.6) is 0 Å². The van der Waals surface area contributed by atoms with Crippen LogP contribution in [0.3, 0.4) is 0 Å². The number of nitrogens with two attached hydrogens (primary N) is 1. The summed E-state index contributed by atoms with van der Waals surface area (Å²) in [5, 5.41) is 10.0. The van der Waals surface area contributed by atoms with E-state index < -0.39 is 18.1 Å². The number of hydrogen-bond acceptors (Lipinski definition) is 4. The fourth-order valence-electron chi connectivity index (χ4n) is 2.78. The Morgan fingerprint density at radius 1 is 1.29 bits per heavy atom. The Morgan fingerprint density at radius 2 is 1.95 bits per heavy atom. The summed E-state index contributed by atoms with van der Waals surface area (Å²) in [5.41, 5.74) is 9.24. The molecule has 0 radical (unpaired) electrons. The van der Waals surface area contributed by atoms with E-state index in [1.54, 1.807) is 0 Å². The Labute approximate surface area is 125 Å². The van der Waals surface area contributed by atoms with Gasteiger partial charge in [-0.3, -0.25) is 9.63 Å². The Hall–Kier alpha value is -1.43. The lowest BCUT2D eigenvalue weighted by atomic mass is 9.82. The van der Waals surface area contributed by atoms with Gasteiger partial charge in [0.2, 0.25) is 0 Å². The molecule has 0 saturated heterocycles. The third kappa shape index (κ3) is 4.81. The van der Waals surface area contributed by atoms with Crippen LogP contribution in [0.2, 0.25) is 0 Å². The zero-order chi connectivity index (χ0) is 15.1. The van der Waals surface area contributed by atoms with E-state index in [9.17, 15) is 9.90 Å². The van der Waals surface area contributed by atoms with Crippen LogP contribution in [0.25, 0.3) is 0 Å². The highest BCUT2D eigenvalue weighted by Crippen LogP contribution is 2.26. The van der Waals surface area contributed by atoms with E-state index in [0.717, 1.165) is 31.2 Å². The van der Waals surface area contributed by atoms with E-state index in [2.05, 4.69) is 5.48 Å². The molecular weight excluding hydrogens is 268 g/mol. The van der Waals surface area contributed by atoms with Crippen LogP contribution in [-0.2, 0) is 16.2 Å². The predicted octanol–water partition coefficient (Wildman–Crippen LogP) is 1.50. The molecule has 5 heteroatoms. The number of benzene rings is 1. The summed E-state index contributed by atoms with van der Waals surface area (Å²) in [5.74, 6) is -0.349. The van der Waals surface area contributed by atoms with Crippen LogP contribution in [0.4, 0.5) is 0 Å². The number of amides is 1. The van der Waals surface area contributed by atoms with Crippen molar-refractivity contribution in [2.45, 2.75) is 50.9 Å². The van der Waals surface area contributed by atoms with Gasteiger partial charge in [0.25, 0.3) is 5.91 Å². The van der Waals surface area contributed by atoms with Gasteiger partial charge >= 0.3 is 0 Å². The van der Waals surface area contributed by atoms with Gasteiger partial charge in [0.1, 0.15) is 6.10 Å². The number of carbonyl (C=O) groups excluding carboxylic acids is 1. The maximum absolute atomic E-state index is 11.9. The first-order valence-electron chi connectivity index (χ1n) is 7.57. The van der Waals surface area contributed by atoms with Gasteiger partial charge in [-0.1, -0.05) is 49.6 Å². The van der Waals surface area contributed by atoms with E-state index in [0.29, 0.717) is 0 Å². The summed E-state index contributed by atoms with van der Waals surface area (Å²) < 4.78 is 0.